The maximum atomic E-state index is 12.4. The Kier molecular flexibility index (Phi) is 4.23. The molecule has 1 fully saturated rings. The Hall–Kier alpha value is -2.10. The van der Waals surface area contributed by atoms with Crippen molar-refractivity contribution in [1.29, 1.82) is 0 Å². The van der Waals surface area contributed by atoms with Crippen LogP contribution in [-0.2, 0) is 4.79 Å². The lowest BCUT2D eigenvalue weighted by atomic mass is 10.1. The summed E-state index contributed by atoms with van der Waals surface area (Å²) < 4.78 is 0. The third-order valence-electron chi connectivity index (χ3n) is 3.79. The smallest absolute Gasteiger partial charge is 0.328 e. The minimum atomic E-state index is -0.999. The minimum absolute atomic E-state index is 0.0185. The first-order valence-corrected chi connectivity index (χ1v) is 6.77. The monoisotopic (exact) mass is 273 g/mol. The molecule has 1 aromatic rings. The molecule has 0 aromatic heterocycles. The maximum Gasteiger partial charge on any atom is 0.328 e. The number of hydrogen-bond acceptors (Lipinski definition) is 2. The summed E-state index contributed by atoms with van der Waals surface area (Å²) in [4.78, 5) is 24.7. The molecule has 1 aromatic carbocycles. The van der Waals surface area contributed by atoms with Crippen molar-refractivity contribution >= 4 is 18.0 Å². The molecule has 4 heteroatoms. The molecule has 2 rings (SSSR count). The van der Waals surface area contributed by atoms with Gasteiger partial charge in [-0.1, -0.05) is 12.1 Å². The van der Waals surface area contributed by atoms with E-state index in [1.54, 1.807) is 29.2 Å². The number of aliphatic carboxylic acids is 1. The molecular formula is C16H19NO3. The van der Waals surface area contributed by atoms with Crippen molar-refractivity contribution in [3.05, 3.63) is 41.5 Å². The van der Waals surface area contributed by atoms with Crippen molar-refractivity contribution in [2.75, 3.05) is 7.05 Å². The van der Waals surface area contributed by atoms with E-state index in [1.807, 2.05) is 7.05 Å². The Balaban J connectivity index is 2.13. The van der Waals surface area contributed by atoms with E-state index in [-0.39, 0.29) is 11.9 Å². The summed E-state index contributed by atoms with van der Waals surface area (Å²) >= 11 is 0. The Morgan fingerprint density at radius 2 is 2.10 bits per heavy atom. The summed E-state index contributed by atoms with van der Waals surface area (Å²) in [6, 6.07) is 7.28. The van der Waals surface area contributed by atoms with Gasteiger partial charge in [0, 0.05) is 24.7 Å². The second-order valence-corrected chi connectivity index (χ2v) is 5.29. The molecule has 0 saturated heterocycles. The second-order valence-electron chi connectivity index (χ2n) is 5.29. The van der Waals surface area contributed by atoms with Crippen LogP contribution in [-0.4, -0.2) is 35.0 Å². The molecule has 0 bridgehead atoms. The third kappa shape index (κ3) is 3.47. The van der Waals surface area contributed by atoms with Crippen molar-refractivity contribution in [3.8, 4) is 0 Å². The van der Waals surface area contributed by atoms with Gasteiger partial charge in [0.1, 0.15) is 0 Å². The summed E-state index contributed by atoms with van der Waals surface area (Å²) in [5.41, 5.74) is 1.30. The van der Waals surface area contributed by atoms with E-state index in [9.17, 15) is 9.59 Å². The molecule has 0 aliphatic heterocycles. The van der Waals surface area contributed by atoms with Crippen molar-refractivity contribution in [2.45, 2.75) is 25.8 Å². The van der Waals surface area contributed by atoms with Gasteiger partial charge in [0.25, 0.3) is 5.91 Å². The van der Waals surface area contributed by atoms with E-state index in [0.29, 0.717) is 17.0 Å². The number of carbonyl (C=O) groups is 2. The van der Waals surface area contributed by atoms with Gasteiger partial charge in [0.2, 0.25) is 0 Å². The molecule has 20 heavy (non-hydrogen) atoms. The Morgan fingerprint density at radius 1 is 1.40 bits per heavy atom. The molecule has 1 aliphatic carbocycles. The van der Waals surface area contributed by atoms with Crippen LogP contribution in [0.2, 0.25) is 0 Å². The molecule has 0 heterocycles. The number of nitrogens with zero attached hydrogens (tertiary/aromatic N) is 1. The fourth-order valence-corrected chi connectivity index (χ4v) is 2.23. The van der Waals surface area contributed by atoms with Crippen LogP contribution in [0.5, 0.6) is 0 Å². The van der Waals surface area contributed by atoms with E-state index in [0.717, 1.165) is 6.08 Å². The highest BCUT2D eigenvalue weighted by Crippen LogP contribution is 2.35. The standard InChI is InChI=1S/C16H19NO3/c1-11(13-7-8-13)17(2)16(20)14-5-3-4-12(10-14)6-9-15(18)19/h3-6,9-11,13H,7-8H2,1-2H3,(H,18,19). The second kappa shape index (κ2) is 5.90. The summed E-state index contributed by atoms with van der Waals surface area (Å²) in [5, 5.41) is 8.62. The SMILES string of the molecule is CC(C1CC1)N(C)C(=O)c1cccc(C=CC(=O)O)c1. The number of amides is 1. The summed E-state index contributed by atoms with van der Waals surface area (Å²) in [6.07, 6.45) is 4.95. The van der Waals surface area contributed by atoms with E-state index in [1.165, 1.54) is 18.9 Å². The van der Waals surface area contributed by atoms with Gasteiger partial charge in [-0.15, -0.1) is 0 Å². The van der Waals surface area contributed by atoms with Crippen molar-refractivity contribution in [1.82, 2.24) is 4.90 Å². The molecule has 1 amide bonds. The lowest BCUT2D eigenvalue weighted by Gasteiger charge is -2.25. The first kappa shape index (κ1) is 14.3. The summed E-state index contributed by atoms with van der Waals surface area (Å²) in [6.45, 7) is 2.07. The molecular weight excluding hydrogens is 254 g/mol. The van der Waals surface area contributed by atoms with E-state index in [4.69, 9.17) is 5.11 Å². The number of carbonyl (C=O) groups excluding carboxylic acids is 1. The first-order valence-electron chi connectivity index (χ1n) is 6.77. The zero-order valence-corrected chi connectivity index (χ0v) is 11.7. The summed E-state index contributed by atoms with van der Waals surface area (Å²) in [7, 11) is 1.82. The van der Waals surface area contributed by atoms with Crippen LogP contribution in [0.3, 0.4) is 0 Å². The number of hydrogen-bond donors (Lipinski definition) is 1. The van der Waals surface area contributed by atoms with Gasteiger partial charge in [-0.2, -0.15) is 0 Å². The highest BCUT2D eigenvalue weighted by Gasteiger charge is 2.32. The lowest BCUT2D eigenvalue weighted by molar-refractivity contribution is -0.131. The molecule has 1 aliphatic rings. The van der Waals surface area contributed by atoms with Crippen LogP contribution in [0.4, 0.5) is 0 Å². The molecule has 1 unspecified atom stereocenters. The molecule has 0 radical (unpaired) electrons. The van der Waals surface area contributed by atoms with Gasteiger partial charge in [-0.25, -0.2) is 4.79 Å². The highest BCUT2D eigenvalue weighted by atomic mass is 16.4. The van der Waals surface area contributed by atoms with Crippen LogP contribution in [0, 0.1) is 5.92 Å². The average molecular weight is 273 g/mol. The Morgan fingerprint density at radius 3 is 2.70 bits per heavy atom. The molecule has 1 saturated carbocycles. The Bertz CT molecular complexity index is 546. The number of benzene rings is 1. The van der Waals surface area contributed by atoms with Crippen LogP contribution >= 0.6 is 0 Å². The van der Waals surface area contributed by atoms with Gasteiger partial charge in [0.05, 0.1) is 0 Å². The van der Waals surface area contributed by atoms with Gasteiger partial charge >= 0.3 is 5.97 Å². The fraction of sp³-hybridized carbons (Fsp3) is 0.375. The number of rotatable bonds is 5. The zero-order valence-electron chi connectivity index (χ0n) is 11.7. The van der Waals surface area contributed by atoms with E-state index in [2.05, 4.69) is 6.92 Å². The van der Waals surface area contributed by atoms with Gasteiger partial charge in [-0.3, -0.25) is 4.79 Å². The Labute approximate surface area is 118 Å². The van der Waals surface area contributed by atoms with Crippen LogP contribution in [0.1, 0.15) is 35.7 Å². The van der Waals surface area contributed by atoms with Crippen LogP contribution in [0.15, 0.2) is 30.3 Å². The number of carboxylic acids is 1. The predicted octanol–water partition coefficient (Wildman–Crippen LogP) is 2.65. The van der Waals surface area contributed by atoms with Crippen molar-refractivity contribution in [3.63, 3.8) is 0 Å². The topological polar surface area (TPSA) is 57.6 Å². The molecule has 1 N–H and O–H groups in total. The average Bonchev–Trinajstić information content (AvgIpc) is 3.27. The highest BCUT2D eigenvalue weighted by molar-refractivity contribution is 5.95. The van der Waals surface area contributed by atoms with Crippen LogP contribution < -0.4 is 0 Å². The van der Waals surface area contributed by atoms with Gasteiger partial charge < -0.3 is 10.0 Å². The quantitative estimate of drug-likeness (QED) is 0.839. The van der Waals surface area contributed by atoms with E-state index < -0.39 is 5.97 Å². The lowest BCUT2D eigenvalue weighted by Crippen LogP contribution is -2.36. The maximum absolute atomic E-state index is 12.4. The molecule has 1 atom stereocenters. The zero-order chi connectivity index (χ0) is 14.7. The van der Waals surface area contributed by atoms with Gasteiger partial charge in [-0.05, 0) is 49.5 Å². The minimum Gasteiger partial charge on any atom is -0.478 e. The van der Waals surface area contributed by atoms with Crippen molar-refractivity contribution in [2.24, 2.45) is 5.92 Å². The summed E-state index contributed by atoms with van der Waals surface area (Å²) in [5.74, 6) is -0.393. The molecule has 4 nitrogen and oxygen atoms in total. The largest absolute Gasteiger partial charge is 0.478 e. The molecule has 0 spiro atoms. The molecule has 106 valence electrons. The normalized spacial score (nSPS) is 16.1. The third-order valence-corrected chi connectivity index (χ3v) is 3.79. The van der Waals surface area contributed by atoms with Gasteiger partial charge in [0.15, 0.2) is 0 Å². The number of carboxylic acid groups (broad SMARTS) is 1. The first-order chi connectivity index (χ1) is 9.49. The van der Waals surface area contributed by atoms with Crippen molar-refractivity contribution < 1.29 is 14.7 Å². The van der Waals surface area contributed by atoms with Crippen LogP contribution in [0.25, 0.3) is 6.08 Å². The predicted molar refractivity (Wildman–Crippen MR) is 77.4 cm³/mol. The fourth-order valence-electron chi connectivity index (χ4n) is 2.23. The van der Waals surface area contributed by atoms with E-state index >= 15 is 0 Å².